The summed E-state index contributed by atoms with van der Waals surface area (Å²) < 4.78 is 10.8. The van der Waals surface area contributed by atoms with E-state index in [0.717, 1.165) is 5.01 Å². The summed E-state index contributed by atoms with van der Waals surface area (Å²) in [5, 5.41) is 2.88. The van der Waals surface area contributed by atoms with Crippen LogP contribution in [0.2, 0.25) is 0 Å². The quantitative estimate of drug-likeness (QED) is 0.864. The van der Waals surface area contributed by atoms with Crippen molar-refractivity contribution in [2.45, 2.75) is 6.42 Å². The Morgan fingerprint density at radius 2 is 2.42 bits per heavy atom. The topological polar surface area (TPSA) is 48.4 Å². The van der Waals surface area contributed by atoms with Gasteiger partial charge in [-0.15, -0.1) is 11.3 Å². The fraction of sp³-hybridized carbons (Fsp3) is 0.286. The van der Waals surface area contributed by atoms with Crippen molar-refractivity contribution in [2.24, 2.45) is 5.92 Å². The van der Waals surface area contributed by atoms with Crippen LogP contribution in [0.4, 0.5) is 0 Å². The molecule has 1 aromatic carbocycles. The lowest BCUT2D eigenvalue weighted by Gasteiger charge is -2.23. The lowest BCUT2D eigenvalue weighted by molar-refractivity contribution is 0.0830. The number of carbonyl (C=O) groups is 1. The zero-order valence-electron chi connectivity index (χ0n) is 10.5. The van der Waals surface area contributed by atoms with Gasteiger partial charge in [0.25, 0.3) is 0 Å². The number of hydrogen-bond acceptors (Lipinski definition) is 5. The molecule has 0 saturated carbocycles. The van der Waals surface area contributed by atoms with E-state index in [1.807, 2.05) is 5.38 Å². The summed E-state index contributed by atoms with van der Waals surface area (Å²) in [4.78, 5) is 16.7. The van der Waals surface area contributed by atoms with Crippen LogP contribution in [0.15, 0.2) is 29.8 Å². The number of ketones is 1. The predicted molar refractivity (Wildman–Crippen MR) is 72.1 cm³/mol. The lowest BCUT2D eigenvalue weighted by atomic mass is 9.92. The first-order valence-electron chi connectivity index (χ1n) is 6.01. The van der Waals surface area contributed by atoms with Gasteiger partial charge in [0.05, 0.1) is 30.2 Å². The summed E-state index contributed by atoms with van der Waals surface area (Å²) >= 11 is 1.56. The van der Waals surface area contributed by atoms with Crippen LogP contribution in [0.5, 0.6) is 11.5 Å². The first-order valence-corrected chi connectivity index (χ1v) is 6.89. The van der Waals surface area contributed by atoms with Crippen molar-refractivity contribution in [2.75, 3.05) is 13.7 Å². The van der Waals surface area contributed by atoms with Gasteiger partial charge in [-0.1, -0.05) is 0 Å². The molecule has 0 spiro atoms. The number of hydrogen-bond donors (Lipinski definition) is 0. The SMILES string of the molecule is COc1ccc2c(c1)C(=O)C(Cc1nccs1)CO2. The number of Topliss-reactive ketones (excluding diaryl/α,β-unsaturated/α-hetero) is 1. The minimum atomic E-state index is -0.161. The number of nitrogens with zero attached hydrogens (tertiary/aromatic N) is 1. The van der Waals surface area contributed by atoms with E-state index in [1.54, 1.807) is 42.8 Å². The van der Waals surface area contributed by atoms with E-state index in [4.69, 9.17) is 9.47 Å². The largest absolute Gasteiger partial charge is 0.497 e. The van der Waals surface area contributed by atoms with Gasteiger partial charge < -0.3 is 9.47 Å². The molecule has 0 aliphatic carbocycles. The highest BCUT2D eigenvalue weighted by molar-refractivity contribution is 7.09. The summed E-state index contributed by atoms with van der Waals surface area (Å²) in [5.74, 6) is 1.26. The van der Waals surface area contributed by atoms with Gasteiger partial charge in [0.2, 0.25) is 0 Å². The number of thiazole rings is 1. The maximum Gasteiger partial charge on any atom is 0.173 e. The highest BCUT2D eigenvalue weighted by Gasteiger charge is 2.29. The van der Waals surface area contributed by atoms with Gasteiger partial charge in [-0.25, -0.2) is 4.98 Å². The molecule has 2 heterocycles. The van der Waals surface area contributed by atoms with Crippen LogP contribution in [0.3, 0.4) is 0 Å². The molecule has 98 valence electrons. The Bertz CT molecular complexity index is 595. The van der Waals surface area contributed by atoms with Gasteiger partial charge in [0.15, 0.2) is 5.78 Å². The summed E-state index contributed by atoms with van der Waals surface area (Å²) in [5.41, 5.74) is 0.604. The summed E-state index contributed by atoms with van der Waals surface area (Å²) in [6.45, 7) is 0.414. The Morgan fingerprint density at radius 1 is 1.53 bits per heavy atom. The van der Waals surface area contributed by atoms with Crippen molar-refractivity contribution in [1.29, 1.82) is 0 Å². The maximum absolute atomic E-state index is 12.5. The van der Waals surface area contributed by atoms with Crippen LogP contribution in [0.25, 0.3) is 0 Å². The average Bonchev–Trinajstić information content (AvgIpc) is 2.95. The third-order valence-corrected chi connectivity index (χ3v) is 3.97. The second-order valence-electron chi connectivity index (χ2n) is 4.36. The Hall–Kier alpha value is -1.88. The number of carbonyl (C=O) groups excluding carboxylic acids is 1. The van der Waals surface area contributed by atoms with Crippen molar-refractivity contribution < 1.29 is 14.3 Å². The first kappa shape index (κ1) is 12.2. The number of ether oxygens (including phenoxy) is 2. The monoisotopic (exact) mass is 275 g/mol. The average molecular weight is 275 g/mol. The molecular weight excluding hydrogens is 262 g/mol. The third-order valence-electron chi connectivity index (χ3n) is 3.17. The molecule has 0 N–H and O–H groups in total. The molecule has 2 aromatic rings. The third kappa shape index (κ3) is 2.33. The van der Waals surface area contributed by atoms with Crippen LogP contribution in [-0.2, 0) is 6.42 Å². The van der Waals surface area contributed by atoms with E-state index in [-0.39, 0.29) is 11.7 Å². The molecule has 4 nitrogen and oxygen atoms in total. The highest BCUT2D eigenvalue weighted by atomic mass is 32.1. The zero-order valence-corrected chi connectivity index (χ0v) is 11.3. The van der Waals surface area contributed by atoms with E-state index in [0.29, 0.717) is 30.1 Å². The van der Waals surface area contributed by atoms with Crippen LogP contribution in [-0.4, -0.2) is 24.5 Å². The van der Waals surface area contributed by atoms with Crippen LogP contribution < -0.4 is 9.47 Å². The minimum Gasteiger partial charge on any atom is -0.497 e. The van der Waals surface area contributed by atoms with Gasteiger partial charge in [0.1, 0.15) is 11.5 Å². The van der Waals surface area contributed by atoms with Crippen molar-refractivity contribution in [3.63, 3.8) is 0 Å². The first-order chi connectivity index (χ1) is 9.28. The molecule has 1 aliphatic rings. The highest BCUT2D eigenvalue weighted by Crippen LogP contribution is 2.32. The van der Waals surface area contributed by atoms with Gasteiger partial charge in [-0.2, -0.15) is 0 Å². The van der Waals surface area contributed by atoms with Crippen molar-refractivity contribution >= 4 is 17.1 Å². The zero-order chi connectivity index (χ0) is 13.2. The fourth-order valence-corrected chi connectivity index (χ4v) is 2.85. The van der Waals surface area contributed by atoms with Crippen molar-refractivity contribution in [3.8, 4) is 11.5 Å². The van der Waals surface area contributed by atoms with Crippen LogP contribution >= 0.6 is 11.3 Å². The predicted octanol–water partition coefficient (Wildman–Crippen LogP) is 2.59. The van der Waals surface area contributed by atoms with Gasteiger partial charge in [0, 0.05) is 18.0 Å². The number of benzene rings is 1. The minimum absolute atomic E-state index is 0.107. The number of rotatable bonds is 3. The smallest absolute Gasteiger partial charge is 0.173 e. The van der Waals surface area contributed by atoms with E-state index in [2.05, 4.69) is 4.98 Å². The molecule has 19 heavy (non-hydrogen) atoms. The molecule has 1 atom stereocenters. The standard InChI is InChI=1S/C14H13NO3S/c1-17-10-2-3-12-11(7-10)14(16)9(8-18-12)6-13-15-4-5-19-13/h2-5,7,9H,6,8H2,1H3. The normalized spacial score (nSPS) is 17.7. The molecule has 5 heteroatoms. The van der Waals surface area contributed by atoms with E-state index >= 15 is 0 Å². The lowest BCUT2D eigenvalue weighted by Crippen LogP contribution is -2.29. The van der Waals surface area contributed by atoms with Gasteiger partial charge in [-0.3, -0.25) is 4.79 Å². The molecule has 0 amide bonds. The summed E-state index contributed by atoms with van der Waals surface area (Å²) in [6.07, 6.45) is 2.39. The van der Waals surface area contributed by atoms with Crippen LogP contribution in [0.1, 0.15) is 15.4 Å². The molecule has 0 fully saturated rings. The number of aromatic nitrogens is 1. The summed E-state index contributed by atoms with van der Waals surface area (Å²) in [6, 6.07) is 5.32. The van der Waals surface area contributed by atoms with Crippen LogP contribution in [0, 0.1) is 5.92 Å². The Morgan fingerprint density at radius 3 is 3.16 bits per heavy atom. The second kappa shape index (κ2) is 5.01. The maximum atomic E-state index is 12.5. The fourth-order valence-electron chi connectivity index (χ4n) is 2.16. The Balaban J connectivity index is 1.86. The van der Waals surface area contributed by atoms with E-state index in [1.165, 1.54) is 0 Å². The second-order valence-corrected chi connectivity index (χ2v) is 5.34. The van der Waals surface area contributed by atoms with Gasteiger partial charge in [-0.05, 0) is 18.2 Å². The Kier molecular flexibility index (Phi) is 3.21. The molecular formula is C14H13NO3S. The molecule has 3 rings (SSSR count). The summed E-state index contributed by atoms with van der Waals surface area (Å²) in [7, 11) is 1.59. The number of methoxy groups -OCH3 is 1. The Labute approximate surface area is 115 Å². The number of fused-ring (bicyclic) bond motifs is 1. The van der Waals surface area contributed by atoms with Crippen molar-refractivity contribution in [1.82, 2.24) is 4.98 Å². The molecule has 0 bridgehead atoms. The molecule has 0 saturated heterocycles. The van der Waals surface area contributed by atoms with E-state index in [9.17, 15) is 4.79 Å². The van der Waals surface area contributed by atoms with Gasteiger partial charge >= 0.3 is 0 Å². The van der Waals surface area contributed by atoms with E-state index < -0.39 is 0 Å². The molecule has 1 aliphatic heterocycles. The van der Waals surface area contributed by atoms with Crippen molar-refractivity contribution in [3.05, 3.63) is 40.3 Å². The molecule has 0 radical (unpaired) electrons. The molecule has 1 aromatic heterocycles. The molecule has 1 unspecified atom stereocenters.